The first-order valence-electron chi connectivity index (χ1n) is 11.1. The smallest absolute Gasteiger partial charge is 0.328 e. The Morgan fingerprint density at radius 3 is 2.29 bits per heavy atom. The second-order valence-corrected chi connectivity index (χ2v) is 8.46. The molecule has 0 aromatic carbocycles. The van der Waals surface area contributed by atoms with Gasteiger partial charge in [-0.2, -0.15) is 0 Å². The van der Waals surface area contributed by atoms with E-state index in [1.165, 1.54) is 14.7 Å². The summed E-state index contributed by atoms with van der Waals surface area (Å²) in [6.07, 6.45) is 2.72. The van der Waals surface area contributed by atoms with Crippen LogP contribution in [0.2, 0.25) is 0 Å². The monoisotopic (exact) mass is 436 g/mol. The lowest BCUT2D eigenvalue weighted by molar-refractivity contribution is -0.156. The molecular formula is C21H32N4O6. The maximum absolute atomic E-state index is 13.1. The third-order valence-corrected chi connectivity index (χ3v) is 6.46. The molecule has 0 bridgehead atoms. The number of rotatable bonds is 1. The molecule has 3 saturated heterocycles. The number of esters is 1. The maximum Gasteiger partial charge on any atom is 0.328 e. The predicted molar refractivity (Wildman–Crippen MR) is 109 cm³/mol. The number of nitrogens with one attached hydrogen (secondary N) is 1. The van der Waals surface area contributed by atoms with E-state index in [0.717, 1.165) is 0 Å². The van der Waals surface area contributed by atoms with Crippen LogP contribution in [0.15, 0.2) is 0 Å². The first kappa shape index (κ1) is 23.0. The lowest BCUT2D eigenvalue weighted by Crippen LogP contribution is -2.57. The molecule has 4 atom stereocenters. The Kier molecular flexibility index (Phi) is 7.17. The maximum atomic E-state index is 13.1. The average Bonchev–Trinajstić information content (AvgIpc) is 3.41. The van der Waals surface area contributed by atoms with Gasteiger partial charge in [0.25, 0.3) is 0 Å². The van der Waals surface area contributed by atoms with Crippen molar-refractivity contribution < 1.29 is 28.7 Å². The van der Waals surface area contributed by atoms with Crippen LogP contribution < -0.4 is 5.32 Å². The molecule has 10 nitrogen and oxygen atoms in total. The van der Waals surface area contributed by atoms with E-state index in [1.807, 2.05) is 0 Å². The number of ether oxygens (including phenoxy) is 1. The highest BCUT2D eigenvalue weighted by molar-refractivity contribution is 5.95. The molecule has 3 aliphatic heterocycles. The summed E-state index contributed by atoms with van der Waals surface area (Å²) < 4.78 is 5.30. The minimum atomic E-state index is -0.837. The van der Waals surface area contributed by atoms with Gasteiger partial charge in [-0.15, -0.1) is 0 Å². The van der Waals surface area contributed by atoms with Crippen molar-refractivity contribution >= 4 is 29.6 Å². The fourth-order valence-electron chi connectivity index (χ4n) is 4.72. The molecule has 10 heteroatoms. The molecule has 172 valence electrons. The minimum Gasteiger partial charge on any atom is -0.464 e. The van der Waals surface area contributed by atoms with Crippen molar-refractivity contribution in [2.75, 3.05) is 26.7 Å². The van der Waals surface area contributed by atoms with Crippen molar-refractivity contribution in [2.24, 2.45) is 0 Å². The summed E-state index contributed by atoms with van der Waals surface area (Å²) in [5.41, 5.74) is 0. The average molecular weight is 437 g/mol. The largest absolute Gasteiger partial charge is 0.464 e. The van der Waals surface area contributed by atoms with Crippen LogP contribution in [-0.4, -0.2) is 95.2 Å². The van der Waals surface area contributed by atoms with E-state index >= 15 is 0 Å². The number of nitrogens with zero attached hydrogens (tertiary/aromatic N) is 3. The zero-order valence-corrected chi connectivity index (χ0v) is 18.5. The van der Waals surface area contributed by atoms with Crippen LogP contribution in [0.3, 0.4) is 0 Å². The molecule has 4 unspecified atom stereocenters. The standard InChI is InChI=1S/C21H32N4O6/c1-4-14-18(27)22-13(2)19(28)25-11-6-8-16(25)21(30)31-12-9-17(26)24-10-5-7-15(24)20(29)23(14)3/h13-16H,4-12H2,1-3H3,(H,22,27). The van der Waals surface area contributed by atoms with Gasteiger partial charge in [0.2, 0.25) is 23.6 Å². The molecular weight excluding hydrogens is 404 g/mol. The molecule has 3 heterocycles. The van der Waals surface area contributed by atoms with Gasteiger partial charge in [0.1, 0.15) is 30.8 Å². The molecule has 1 N–H and O–H groups in total. The van der Waals surface area contributed by atoms with Crippen molar-refractivity contribution in [3.05, 3.63) is 0 Å². The molecule has 31 heavy (non-hydrogen) atoms. The van der Waals surface area contributed by atoms with Crippen LogP contribution in [0, 0.1) is 0 Å². The highest BCUT2D eigenvalue weighted by atomic mass is 16.5. The first-order valence-corrected chi connectivity index (χ1v) is 11.1. The number of likely N-dealkylation sites (N-methyl/N-ethyl adjacent to an activating group) is 1. The summed E-state index contributed by atoms with van der Waals surface area (Å²) in [5, 5.41) is 2.70. The summed E-state index contributed by atoms with van der Waals surface area (Å²) >= 11 is 0. The van der Waals surface area contributed by atoms with Gasteiger partial charge in [-0.05, 0) is 39.0 Å². The third kappa shape index (κ3) is 4.67. The molecule has 0 saturated carbocycles. The second kappa shape index (κ2) is 9.65. The Morgan fingerprint density at radius 2 is 1.61 bits per heavy atom. The highest BCUT2D eigenvalue weighted by Gasteiger charge is 2.41. The zero-order chi connectivity index (χ0) is 22.7. The number of hydrogen-bond acceptors (Lipinski definition) is 6. The number of carbonyl (C=O) groups is 5. The van der Waals surface area contributed by atoms with Gasteiger partial charge in [-0.3, -0.25) is 19.2 Å². The third-order valence-electron chi connectivity index (χ3n) is 6.46. The van der Waals surface area contributed by atoms with Gasteiger partial charge in [-0.1, -0.05) is 6.92 Å². The van der Waals surface area contributed by atoms with Crippen LogP contribution in [-0.2, 0) is 28.7 Å². The second-order valence-electron chi connectivity index (χ2n) is 8.46. The van der Waals surface area contributed by atoms with E-state index in [4.69, 9.17) is 4.74 Å². The van der Waals surface area contributed by atoms with E-state index in [0.29, 0.717) is 45.2 Å². The van der Waals surface area contributed by atoms with Crippen LogP contribution in [0.25, 0.3) is 0 Å². The number of fused-ring (bicyclic) bond motifs is 2. The number of amides is 4. The quantitative estimate of drug-likeness (QED) is 0.562. The SMILES string of the molecule is CCC1C(=O)NC(C)C(=O)N2CCCC2C(=O)OCCC(=O)N2CCCC2C(=O)N1C. The molecule has 0 aromatic rings. The zero-order valence-electron chi connectivity index (χ0n) is 18.5. The molecule has 3 rings (SSSR count). The molecule has 3 aliphatic rings. The van der Waals surface area contributed by atoms with Crippen molar-refractivity contribution in [1.29, 1.82) is 0 Å². The predicted octanol–water partition coefficient (Wildman–Crippen LogP) is -0.343. The van der Waals surface area contributed by atoms with Gasteiger partial charge in [0.15, 0.2) is 0 Å². The van der Waals surface area contributed by atoms with Crippen LogP contribution in [0.4, 0.5) is 0 Å². The van der Waals surface area contributed by atoms with Crippen LogP contribution >= 0.6 is 0 Å². The Bertz CT molecular complexity index is 756. The molecule has 0 aromatic heterocycles. The molecule has 0 spiro atoms. The van der Waals surface area contributed by atoms with Crippen molar-refractivity contribution in [3.63, 3.8) is 0 Å². The van der Waals surface area contributed by atoms with Gasteiger partial charge in [-0.25, -0.2) is 4.79 Å². The van der Waals surface area contributed by atoms with E-state index in [2.05, 4.69) is 5.32 Å². The molecule has 0 aliphatic carbocycles. The van der Waals surface area contributed by atoms with Crippen molar-refractivity contribution in [3.8, 4) is 0 Å². The van der Waals surface area contributed by atoms with Gasteiger partial charge in [0, 0.05) is 20.1 Å². The van der Waals surface area contributed by atoms with Crippen LogP contribution in [0.1, 0.15) is 52.4 Å². The summed E-state index contributed by atoms with van der Waals surface area (Å²) in [7, 11) is 1.56. The van der Waals surface area contributed by atoms with Crippen molar-refractivity contribution in [1.82, 2.24) is 20.0 Å². The van der Waals surface area contributed by atoms with E-state index in [1.54, 1.807) is 20.9 Å². The van der Waals surface area contributed by atoms with E-state index in [-0.39, 0.29) is 30.7 Å². The molecule has 3 fully saturated rings. The number of cyclic esters (lactones) is 1. The van der Waals surface area contributed by atoms with E-state index in [9.17, 15) is 24.0 Å². The van der Waals surface area contributed by atoms with Gasteiger partial charge >= 0.3 is 5.97 Å². The normalized spacial score (nSPS) is 31.5. The fourth-order valence-corrected chi connectivity index (χ4v) is 4.72. The summed E-state index contributed by atoms with van der Waals surface area (Å²) in [5.74, 6) is -1.88. The van der Waals surface area contributed by atoms with Crippen LogP contribution in [0.5, 0.6) is 0 Å². The number of hydrogen-bond donors (Lipinski definition) is 1. The lowest BCUT2D eigenvalue weighted by Gasteiger charge is -2.33. The van der Waals surface area contributed by atoms with E-state index < -0.39 is 36.0 Å². The fraction of sp³-hybridized carbons (Fsp3) is 0.762. The molecule has 4 amide bonds. The Morgan fingerprint density at radius 1 is 0.968 bits per heavy atom. The van der Waals surface area contributed by atoms with Gasteiger partial charge < -0.3 is 24.8 Å². The Hall–Kier alpha value is -2.65. The number of carbonyl (C=O) groups excluding carboxylic acids is 5. The summed E-state index contributed by atoms with van der Waals surface area (Å²) in [6.45, 7) is 4.15. The summed E-state index contributed by atoms with van der Waals surface area (Å²) in [6, 6.07) is -2.93. The van der Waals surface area contributed by atoms with Crippen molar-refractivity contribution in [2.45, 2.75) is 76.5 Å². The van der Waals surface area contributed by atoms with Gasteiger partial charge in [0.05, 0.1) is 6.42 Å². The minimum absolute atomic E-state index is 0.0198. The summed E-state index contributed by atoms with van der Waals surface area (Å²) in [4.78, 5) is 68.5. The highest BCUT2D eigenvalue weighted by Crippen LogP contribution is 2.23. The Balaban J connectivity index is 1.87. The Labute approximate surface area is 182 Å². The lowest BCUT2D eigenvalue weighted by atomic mass is 10.1. The topological polar surface area (TPSA) is 116 Å². The first-order chi connectivity index (χ1) is 14.8. The molecule has 0 radical (unpaired) electrons.